The van der Waals surface area contributed by atoms with E-state index in [9.17, 15) is 24.0 Å². The van der Waals surface area contributed by atoms with E-state index in [4.69, 9.17) is 9.84 Å². The Morgan fingerprint density at radius 3 is 1.78 bits per heavy atom. The molecule has 4 aromatic rings. The Morgan fingerprint density at radius 1 is 0.660 bits per heavy atom. The highest BCUT2D eigenvalue weighted by atomic mass is 16.5. The van der Waals surface area contributed by atoms with Gasteiger partial charge in [0.15, 0.2) is 0 Å². The van der Waals surface area contributed by atoms with Crippen molar-refractivity contribution in [3.05, 3.63) is 108 Å². The third-order valence-corrected chi connectivity index (χ3v) is 8.07. The van der Waals surface area contributed by atoms with Gasteiger partial charge in [0.25, 0.3) is 0 Å². The minimum atomic E-state index is -1.13. The zero-order chi connectivity index (χ0) is 36.0. The Labute approximate surface area is 291 Å². The molecule has 0 aliphatic rings. The van der Waals surface area contributed by atoms with Gasteiger partial charge in [0.2, 0.25) is 23.6 Å². The van der Waals surface area contributed by atoms with Crippen LogP contribution in [0.5, 0.6) is 5.75 Å². The number of methoxy groups -OCH3 is 1. The van der Waals surface area contributed by atoms with E-state index in [2.05, 4.69) is 21.3 Å². The number of fused-ring (bicyclic) bond motifs is 1. The summed E-state index contributed by atoms with van der Waals surface area (Å²) < 4.78 is 5.57. The number of anilines is 1. The van der Waals surface area contributed by atoms with Gasteiger partial charge in [-0.25, -0.2) is 0 Å². The number of nitrogens with one attached hydrogen (secondary N) is 4. The van der Waals surface area contributed by atoms with Crippen molar-refractivity contribution in [1.82, 2.24) is 16.0 Å². The van der Waals surface area contributed by atoms with E-state index in [0.717, 1.165) is 21.9 Å². The van der Waals surface area contributed by atoms with Gasteiger partial charge >= 0.3 is 5.97 Å². The highest BCUT2D eigenvalue weighted by Crippen LogP contribution is 2.30. The molecule has 5 N–H and O–H groups in total. The van der Waals surface area contributed by atoms with E-state index in [1.54, 1.807) is 37.4 Å². The average Bonchev–Trinajstić information content (AvgIpc) is 3.10. The van der Waals surface area contributed by atoms with Crippen LogP contribution in [0.2, 0.25) is 0 Å². The lowest BCUT2D eigenvalue weighted by Crippen LogP contribution is -2.57. The van der Waals surface area contributed by atoms with Gasteiger partial charge in [-0.1, -0.05) is 98.8 Å². The van der Waals surface area contributed by atoms with Crippen LogP contribution in [0.3, 0.4) is 0 Å². The Hall–Kier alpha value is -5.71. The molecule has 0 bridgehead atoms. The molecular weight excluding hydrogens is 636 g/mol. The van der Waals surface area contributed by atoms with E-state index >= 15 is 0 Å². The fourth-order valence-electron chi connectivity index (χ4n) is 5.60. The molecule has 11 heteroatoms. The second-order valence-electron chi connectivity index (χ2n) is 12.5. The zero-order valence-electron chi connectivity index (χ0n) is 28.5. The number of carboxylic acids is 1. The van der Waals surface area contributed by atoms with Gasteiger partial charge in [0, 0.05) is 36.4 Å². The molecule has 0 radical (unpaired) electrons. The molecule has 0 saturated heterocycles. The predicted octanol–water partition coefficient (Wildman–Crippen LogP) is 4.64. The lowest BCUT2D eigenvalue weighted by molar-refractivity contribution is -0.139. The number of rotatable bonds is 17. The number of carbonyl (C=O) groups is 5. The van der Waals surface area contributed by atoms with Crippen molar-refractivity contribution in [3.8, 4) is 5.75 Å². The maximum absolute atomic E-state index is 13.9. The summed E-state index contributed by atoms with van der Waals surface area (Å²) in [4.78, 5) is 65.2. The molecule has 3 atom stereocenters. The third-order valence-electron chi connectivity index (χ3n) is 8.07. The summed E-state index contributed by atoms with van der Waals surface area (Å²) in [5, 5.41) is 22.0. The SMILES string of the molecule is COc1cc(NC(=O)C(Cc2ccccc2)NC(=O)C(CC(C)C)NC(=O)C(Cc2ccccc2)NC(=O)CCC(=O)O)cc2ccccc12. The Morgan fingerprint density at radius 2 is 1.20 bits per heavy atom. The molecule has 4 aromatic carbocycles. The van der Waals surface area contributed by atoms with Crippen molar-refractivity contribution in [2.75, 3.05) is 12.4 Å². The van der Waals surface area contributed by atoms with E-state index in [0.29, 0.717) is 11.4 Å². The number of amides is 4. The van der Waals surface area contributed by atoms with Crippen LogP contribution in [-0.2, 0) is 36.8 Å². The molecule has 0 saturated carbocycles. The number of aliphatic carboxylic acids is 1. The van der Waals surface area contributed by atoms with Crippen molar-refractivity contribution < 1.29 is 33.8 Å². The maximum atomic E-state index is 13.9. The number of hydrogen-bond donors (Lipinski definition) is 5. The summed E-state index contributed by atoms with van der Waals surface area (Å²) in [5.41, 5.74) is 2.08. The summed E-state index contributed by atoms with van der Waals surface area (Å²) in [6.07, 6.45) is -0.133. The van der Waals surface area contributed by atoms with Gasteiger partial charge in [-0.2, -0.15) is 0 Å². The summed E-state index contributed by atoms with van der Waals surface area (Å²) in [6.45, 7) is 3.81. The number of ether oxygens (including phenoxy) is 1. The average molecular weight is 681 g/mol. The summed E-state index contributed by atoms with van der Waals surface area (Å²) >= 11 is 0. The fourth-order valence-corrected chi connectivity index (χ4v) is 5.60. The first-order valence-electron chi connectivity index (χ1n) is 16.6. The molecule has 50 heavy (non-hydrogen) atoms. The van der Waals surface area contributed by atoms with Gasteiger partial charge < -0.3 is 31.1 Å². The van der Waals surface area contributed by atoms with Crippen LogP contribution < -0.4 is 26.0 Å². The number of hydrogen-bond acceptors (Lipinski definition) is 6. The summed E-state index contributed by atoms with van der Waals surface area (Å²) in [7, 11) is 1.56. The minimum absolute atomic E-state index is 0.0183. The van der Waals surface area contributed by atoms with E-state index in [1.807, 2.05) is 80.6 Å². The van der Waals surface area contributed by atoms with E-state index in [-0.39, 0.29) is 38.0 Å². The van der Waals surface area contributed by atoms with Crippen LogP contribution in [0.4, 0.5) is 5.69 Å². The predicted molar refractivity (Wildman–Crippen MR) is 192 cm³/mol. The molecule has 0 aliphatic heterocycles. The highest BCUT2D eigenvalue weighted by molar-refractivity contribution is 6.01. The van der Waals surface area contributed by atoms with Crippen LogP contribution in [-0.4, -0.2) is 59.9 Å². The molecule has 4 amide bonds. The van der Waals surface area contributed by atoms with Crippen molar-refractivity contribution in [2.24, 2.45) is 5.92 Å². The van der Waals surface area contributed by atoms with Gasteiger partial charge in [-0.3, -0.25) is 24.0 Å². The van der Waals surface area contributed by atoms with Crippen LogP contribution in [0.1, 0.15) is 44.2 Å². The smallest absolute Gasteiger partial charge is 0.303 e. The quantitative estimate of drug-likeness (QED) is 0.109. The number of carboxylic acid groups (broad SMARTS) is 1. The number of benzene rings is 4. The summed E-state index contributed by atoms with van der Waals surface area (Å²) in [5.74, 6) is -2.79. The molecule has 3 unspecified atom stereocenters. The molecule has 0 aliphatic carbocycles. The standard InChI is InChI=1S/C39H44N4O7/c1-25(2)20-31(42-39(49)32(21-26-12-6-4-7-13-26)41-35(44)18-19-36(45)46)38(48)43-33(22-27-14-8-5-9-15-27)37(47)40-29-23-28-16-10-11-17-30(28)34(24-29)50-3/h4-17,23-25,31-33H,18-22H2,1-3H3,(H,40,47)(H,41,44)(H,42,49)(H,43,48)(H,45,46). The van der Waals surface area contributed by atoms with E-state index < -0.39 is 47.7 Å². The molecule has 0 fully saturated rings. The van der Waals surface area contributed by atoms with Crippen LogP contribution in [0.15, 0.2) is 97.1 Å². The normalized spacial score (nSPS) is 12.7. The molecule has 11 nitrogen and oxygen atoms in total. The monoisotopic (exact) mass is 680 g/mol. The first-order valence-corrected chi connectivity index (χ1v) is 16.6. The largest absolute Gasteiger partial charge is 0.496 e. The zero-order valence-corrected chi connectivity index (χ0v) is 28.5. The molecule has 4 rings (SSSR count). The van der Waals surface area contributed by atoms with Crippen LogP contribution in [0, 0.1) is 5.92 Å². The van der Waals surface area contributed by atoms with Gasteiger partial charge in [-0.15, -0.1) is 0 Å². The summed E-state index contributed by atoms with van der Waals surface area (Å²) in [6, 6.07) is 26.4. The van der Waals surface area contributed by atoms with Crippen molar-refractivity contribution in [2.45, 2.75) is 64.1 Å². The lowest BCUT2D eigenvalue weighted by Gasteiger charge is -2.26. The van der Waals surface area contributed by atoms with E-state index in [1.165, 1.54) is 0 Å². The third kappa shape index (κ3) is 11.2. The molecule has 0 aromatic heterocycles. The second kappa shape index (κ2) is 18.2. The Bertz CT molecular complexity index is 1780. The molecule has 0 spiro atoms. The second-order valence-corrected chi connectivity index (χ2v) is 12.5. The van der Waals surface area contributed by atoms with Crippen LogP contribution in [0.25, 0.3) is 10.8 Å². The molecular formula is C39H44N4O7. The van der Waals surface area contributed by atoms with Gasteiger partial charge in [0.05, 0.1) is 13.5 Å². The Kier molecular flexibility index (Phi) is 13.5. The molecule has 0 heterocycles. The first kappa shape index (κ1) is 37.1. The first-order chi connectivity index (χ1) is 24.0. The van der Waals surface area contributed by atoms with Crippen LogP contribution >= 0.6 is 0 Å². The number of carbonyl (C=O) groups excluding carboxylic acids is 4. The van der Waals surface area contributed by atoms with Gasteiger partial charge in [0.1, 0.15) is 23.9 Å². The maximum Gasteiger partial charge on any atom is 0.303 e. The fraction of sp³-hybridized carbons (Fsp3) is 0.308. The van der Waals surface area contributed by atoms with Gasteiger partial charge in [-0.05, 0) is 34.9 Å². The van der Waals surface area contributed by atoms with Crippen molar-refractivity contribution in [3.63, 3.8) is 0 Å². The lowest BCUT2D eigenvalue weighted by atomic mass is 9.99. The Balaban J connectivity index is 1.56. The highest BCUT2D eigenvalue weighted by Gasteiger charge is 2.31. The topological polar surface area (TPSA) is 163 Å². The van der Waals surface area contributed by atoms with Crippen molar-refractivity contribution in [1.29, 1.82) is 0 Å². The van der Waals surface area contributed by atoms with Crippen molar-refractivity contribution >= 4 is 46.1 Å². The minimum Gasteiger partial charge on any atom is -0.496 e. The molecule has 262 valence electrons.